The number of hydrogen-bond acceptors (Lipinski definition) is 3. The van der Waals surface area contributed by atoms with E-state index in [1.807, 2.05) is 0 Å². The smallest absolute Gasteiger partial charge is 0.222 e. The Morgan fingerprint density at radius 3 is 2.22 bits per heavy atom. The molecule has 4 heteroatoms. The van der Waals surface area contributed by atoms with Crippen LogP contribution >= 0.6 is 11.6 Å². The molecule has 0 unspecified atom stereocenters. The van der Waals surface area contributed by atoms with Crippen molar-refractivity contribution in [2.75, 3.05) is 5.88 Å². The summed E-state index contributed by atoms with van der Waals surface area (Å²) in [5, 5.41) is 8.51. The van der Waals surface area contributed by atoms with Crippen LogP contribution in [-0.2, 0) is 11.8 Å². The quantitative estimate of drug-likeness (QED) is 0.788. The fourth-order valence-corrected chi connectivity index (χ4v) is 5.18. The molecule has 4 saturated carbocycles. The Hall–Kier alpha value is -0.570. The van der Waals surface area contributed by atoms with Gasteiger partial charge < -0.3 is 4.42 Å². The summed E-state index contributed by atoms with van der Waals surface area (Å²) in [6.45, 7) is 0. The maximum atomic E-state index is 5.90. The van der Waals surface area contributed by atoms with Gasteiger partial charge in [-0.25, -0.2) is 0 Å². The zero-order valence-corrected chi connectivity index (χ0v) is 11.3. The summed E-state index contributed by atoms with van der Waals surface area (Å²) in [6, 6.07) is 0. The van der Waals surface area contributed by atoms with E-state index in [9.17, 15) is 0 Å². The van der Waals surface area contributed by atoms with Gasteiger partial charge in [-0.15, -0.1) is 21.8 Å². The van der Waals surface area contributed by atoms with Crippen molar-refractivity contribution in [3.8, 4) is 0 Å². The summed E-state index contributed by atoms with van der Waals surface area (Å²) >= 11 is 5.74. The van der Waals surface area contributed by atoms with E-state index in [-0.39, 0.29) is 5.41 Å². The van der Waals surface area contributed by atoms with Crippen molar-refractivity contribution in [2.45, 2.75) is 50.4 Å². The van der Waals surface area contributed by atoms with Crippen molar-refractivity contribution in [1.82, 2.24) is 10.2 Å². The largest absolute Gasteiger partial charge is 0.425 e. The van der Waals surface area contributed by atoms with Crippen LogP contribution in [0, 0.1) is 17.8 Å². The average molecular weight is 267 g/mol. The first-order valence-electron chi connectivity index (χ1n) is 7.16. The number of alkyl halides is 1. The van der Waals surface area contributed by atoms with E-state index in [2.05, 4.69) is 10.2 Å². The predicted octanol–water partition coefficient (Wildman–Crippen LogP) is 3.32. The Balaban J connectivity index is 1.66. The molecule has 18 heavy (non-hydrogen) atoms. The fourth-order valence-electron chi connectivity index (χ4n) is 5.02. The van der Waals surface area contributed by atoms with E-state index in [4.69, 9.17) is 16.0 Å². The predicted molar refractivity (Wildman–Crippen MR) is 68.6 cm³/mol. The van der Waals surface area contributed by atoms with Crippen LogP contribution in [0.4, 0.5) is 0 Å². The monoisotopic (exact) mass is 266 g/mol. The number of hydrogen-bond donors (Lipinski definition) is 0. The molecule has 0 aromatic carbocycles. The van der Waals surface area contributed by atoms with Crippen LogP contribution in [0.15, 0.2) is 4.42 Å². The first-order chi connectivity index (χ1) is 8.77. The molecule has 0 saturated heterocycles. The zero-order chi connectivity index (χ0) is 12.2. The maximum absolute atomic E-state index is 5.90. The molecule has 98 valence electrons. The SMILES string of the molecule is ClCCc1nnc(C23CC4CC(CC(C4)C2)C3)o1. The minimum atomic E-state index is 0.228. The van der Waals surface area contributed by atoms with Crippen molar-refractivity contribution in [3.63, 3.8) is 0 Å². The van der Waals surface area contributed by atoms with E-state index in [1.165, 1.54) is 38.5 Å². The highest BCUT2D eigenvalue weighted by atomic mass is 35.5. The van der Waals surface area contributed by atoms with Crippen LogP contribution in [0.3, 0.4) is 0 Å². The first kappa shape index (κ1) is 11.3. The molecular formula is C14H19ClN2O. The van der Waals surface area contributed by atoms with Gasteiger partial charge in [-0.1, -0.05) is 0 Å². The lowest BCUT2D eigenvalue weighted by molar-refractivity contribution is -0.0182. The standard InChI is InChI=1S/C14H19ClN2O/c15-2-1-12-16-17-13(18-12)14-6-9-3-10(7-14)5-11(4-9)8-14/h9-11H,1-8H2. The molecule has 0 aliphatic heterocycles. The highest BCUT2D eigenvalue weighted by Crippen LogP contribution is 2.60. The minimum Gasteiger partial charge on any atom is -0.425 e. The molecule has 4 bridgehead atoms. The van der Waals surface area contributed by atoms with Gasteiger partial charge in [-0.3, -0.25) is 0 Å². The third-order valence-corrected chi connectivity index (χ3v) is 5.46. The van der Waals surface area contributed by atoms with E-state index in [1.54, 1.807) is 0 Å². The molecule has 0 N–H and O–H groups in total. The average Bonchev–Trinajstić information content (AvgIpc) is 2.77. The van der Waals surface area contributed by atoms with Crippen LogP contribution in [0.5, 0.6) is 0 Å². The van der Waals surface area contributed by atoms with Gasteiger partial charge in [0.15, 0.2) is 0 Å². The molecule has 4 fully saturated rings. The lowest BCUT2D eigenvalue weighted by Gasteiger charge is -2.55. The number of nitrogens with zero attached hydrogens (tertiary/aromatic N) is 2. The number of halogens is 1. The van der Waals surface area contributed by atoms with Gasteiger partial charge in [0.05, 0.1) is 0 Å². The van der Waals surface area contributed by atoms with Crippen molar-refractivity contribution in [2.24, 2.45) is 17.8 Å². The Morgan fingerprint density at radius 1 is 1.06 bits per heavy atom. The molecular weight excluding hydrogens is 248 g/mol. The van der Waals surface area contributed by atoms with Crippen LogP contribution in [-0.4, -0.2) is 16.1 Å². The third-order valence-electron chi connectivity index (χ3n) is 5.27. The van der Waals surface area contributed by atoms with Gasteiger partial charge in [0, 0.05) is 17.7 Å². The molecule has 5 rings (SSSR count). The fraction of sp³-hybridized carbons (Fsp3) is 0.857. The van der Waals surface area contributed by atoms with E-state index >= 15 is 0 Å². The van der Waals surface area contributed by atoms with Crippen LogP contribution in [0.1, 0.15) is 50.3 Å². The summed E-state index contributed by atoms with van der Waals surface area (Å²) < 4.78 is 5.90. The summed E-state index contributed by atoms with van der Waals surface area (Å²) in [7, 11) is 0. The van der Waals surface area contributed by atoms with Gasteiger partial charge >= 0.3 is 0 Å². The van der Waals surface area contributed by atoms with Gasteiger partial charge in [0.1, 0.15) is 0 Å². The molecule has 1 aromatic heterocycles. The van der Waals surface area contributed by atoms with Gasteiger partial charge in [0.2, 0.25) is 11.8 Å². The van der Waals surface area contributed by atoms with Gasteiger partial charge in [0.25, 0.3) is 0 Å². The van der Waals surface area contributed by atoms with E-state index in [0.29, 0.717) is 12.3 Å². The highest BCUT2D eigenvalue weighted by molar-refractivity contribution is 6.17. The molecule has 0 radical (unpaired) electrons. The second-order valence-electron chi connectivity index (χ2n) is 6.64. The number of aryl methyl sites for hydroxylation is 1. The topological polar surface area (TPSA) is 38.9 Å². The lowest BCUT2D eigenvalue weighted by Crippen LogP contribution is -2.48. The second-order valence-corrected chi connectivity index (χ2v) is 7.02. The Labute approximate surface area is 112 Å². The number of rotatable bonds is 3. The highest BCUT2D eigenvalue weighted by Gasteiger charge is 2.54. The molecule has 0 amide bonds. The Morgan fingerprint density at radius 2 is 1.67 bits per heavy atom. The summed E-state index contributed by atoms with van der Waals surface area (Å²) in [6.07, 6.45) is 8.87. The van der Waals surface area contributed by atoms with Gasteiger partial charge in [-0.2, -0.15) is 0 Å². The molecule has 4 aliphatic carbocycles. The second kappa shape index (κ2) is 3.96. The minimum absolute atomic E-state index is 0.228. The van der Waals surface area contributed by atoms with Crippen molar-refractivity contribution < 1.29 is 4.42 Å². The van der Waals surface area contributed by atoms with E-state index in [0.717, 1.165) is 29.5 Å². The molecule has 1 heterocycles. The van der Waals surface area contributed by atoms with Crippen molar-refractivity contribution in [1.29, 1.82) is 0 Å². The Kier molecular flexibility index (Phi) is 2.48. The number of aromatic nitrogens is 2. The van der Waals surface area contributed by atoms with Crippen LogP contribution in [0.2, 0.25) is 0 Å². The normalized spacial score (nSPS) is 41.5. The third kappa shape index (κ3) is 1.63. The molecule has 4 aliphatic rings. The molecule has 0 atom stereocenters. The summed E-state index contributed by atoms with van der Waals surface area (Å²) in [5.41, 5.74) is 0.228. The van der Waals surface area contributed by atoms with Gasteiger partial charge in [-0.05, 0) is 56.3 Å². The summed E-state index contributed by atoms with van der Waals surface area (Å²) in [5.74, 6) is 4.94. The van der Waals surface area contributed by atoms with Crippen molar-refractivity contribution >= 4 is 11.6 Å². The van der Waals surface area contributed by atoms with Crippen LogP contribution < -0.4 is 0 Å². The maximum Gasteiger partial charge on any atom is 0.222 e. The molecule has 0 spiro atoms. The van der Waals surface area contributed by atoms with Crippen molar-refractivity contribution in [3.05, 3.63) is 11.8 Å². The Bertz CT molecular complexity index is 421. The first-order valence-corrected chi connectivity index (χ1v) is 7.70. The zero-order valence-electron chi connectivity index (χ0n) is 10.6. The molecule has 1 aromatic rings. The molecule has 3 nitrogen and oxygen atoms in total. The van der Waals surface area contributed by atoms with Crippen LogP contribution in [0.25, 0.3) is 0 Å². The summed E-state index contributed by atoms with van der Waals surface area (Å²) in [4.78, 5) is 0. The van der Waals surface area contributed by atoms with E-state index < -0.39 is 0 Å². The lowest BCUT2D eigenvalue weighted by atomic mass is 9.49.